The third kappa shape index (κ3) is 4.39. The number of benzene rings is 1. The highest BCUT2D eigenvalue weighted by Crippen LogP contribution is 2.45. The predicted octanol–water partition coefficient (Wildman–Crippen LogP) is 7.07. The number of thiocarbonyl (C=S) groups is 1. The highest BCUT2D eigenvalue weighted by atomic mass is 35.5. The lowest BCUT2D eigenvalue weighted by molar-refractivity contribution is 0.438. The zero-order valence-corrected chi connectivity index (χ0v) is 22.4. The second kappa shape index (κ2) is 10.1. The number of halogens is 1. The second-order valence-electron chi connectivity index (χ2n) is 10.6. The van der Waals surface area contributed by atoms with Crippen molar-refractivity contribution < 1.29 is 0 Å². The van der Waals surface area contributed by atoms with Crippen LogP contribution in [-0.2, 0) is 0 Å². The van der Waals surface area contributed by atoms with E-state index in [0.717, 1.165) is 41.1 Å². The summed E-state index contributed by atoms with van der Waals surface area (Å²) in [5.74, 6) is 0.785. The first-order valence-corrected chi connectivity index (χ1v) is 14.1. The van der Waals surface area contributed by atoms with Crippen molar-refractivity contribution >= 4 is 40.3 Å². The van der Waals surface area contributed by atoms with Gasteiger partial charge in [0, 0.05) is 42.9 Å². The van der Waals surface area contributed by atoms with Gasteiger partial charge >= 0.3 is 0 Å². The van der Waals surface area contributed by atoms with Crippen molar-refractivity contribution in [1.82, 2.24) is 14.9 Å². The molecule has 0 bridgehead atoms. The van der Waals surface area contributed by atoms with E-state index in [-0.39, 0.29) is 12.1 Å². The van der Waals surface area contributed by atoms with E-state index in [1.54, 1.807) is 0 Å². The maximum Gasteiger partial charge on any atom is 0.174 e. The van der Waals surface area contributed by atoms with Gasteiger partial charge in [0.15, 0.2) is 5.11 Å². The molecular weight excluding hydrogens is 486 g/mol. The van der Waals surface area contributed by atoms with Crippen molar-refractivity contribution in [3.63, 3.8) is 0 Å². The van der Waals surface area contributed by atoms with Crippen molar-refractivity contribution in [3.8, 4) is 0 Å². The van der Waals surface area contributed by atoms with Crippen LogP contribution in [-0.4, -0.2) is 27.8 Å². The van der Waals surface area contributed by atoms with Gasteiger partial charge in [0.1, 0.15) is 6.04 Å². The molecule has 7 heteroatoms. The summed E-state index contributed by atoms with van der Waals surface area (Å²) in [6.07, 6.45) is 11.6. The Kier molecular flexibility index (Phi) is 6.65. The number of aromatic nitrogens is 2. The highest BCUT2D eigenvalue weighted by molar-refractivity contribution is 7.80. The second-order valence-corrected chi connectivity index (χ2v) is 11.4. The molecule has 0 spiro atoms. The molecule has 1 saturated carbocycles. The van der Waals surface area contributed by atoms with Crippen LogP contribution >= 0.6 is 23.8 Å². The van der Waals surface area contributed by atoms with Crippen molar-refractivity contribution in [1.29, 1.82) is 0 Å². The molecule has 4 heterocycles. The minimum atomic E-state index is -0.0456. The number of nitrogens with one attached hydrogen (secondary N) is 1. The Morgan fingerprint density at radius 2 is 1.81 bits per heavy atom. The number of nitrogens with zero attached hydrogens (tertiary/aromatic N) is 4. The van der Waals surface area contributed by atoms with E-state index >= 15 is 0 Å². The molecule has 36 heavy (non-hydrogen) atoms. The van der Waals surface area contributed by atoms with Crippen LogP contribution in [0.3, 0.4) is 0 Å². The third-order valence-electron chi connectivity index (χ3n) is 8.26. The van der Waals surface area contributed by atoms with Gasteiger partial charge in [-0.1, -0.05) is 37.4 Å². The number of hydrogen-bond donors (Lipinski definition) is 1. The summed E-state index contributed by atoms with van der Waals surface area (Å²) in [6.45, 7) is 4.45. The zero-order chi connectivity index (χ0) is 24.6. The van der Waals surface area contributed by atoms with Gasteiger partial charge < -0.3 is 19.7 Å². The fourth-order valence-electron chi connectivity index (χ4n) is 6.26. The van der Waals surface area contributed by atoms with Crippen molar-refractivity contribution in [2.24, 2.45) is 5.92 Å². The monoisotopic (exact) mass is 519 g/mol. The normalized spacial score (nSPS) is 23.4. The van der Waals surface area contributed by atoms with Crippen LogP contribution in [0.4, 0.5) is 11.4 Å². The Hall–Kier alpha value is -2.57. The molecule has 2 aliphatic heterocycles. The molecule has 1 aliphatic carbocycles. The number of piperidine rings is 1. The van der Waals surface area contributed by atoms with Gasteiger partial charge in [-0.3, -0.25) is 4.98 Å². The molecular formula is C29H34ClN5S. The SMILES string of the molecule is CC1CCN(c2ccc(N3C(=S)NC(c4ccccn4)C3c3cccn3C3CCCC3)cc2Cl)CC1. The molecule has 188 valence electrons. The summed E-state index contributed by atoms with van der Waals surface area (Å²) in [4.78, 5) is 9.39. The molecule has 0 amide bonds. The third-order valence-corrected chi connectivity index (χ3v) is 8.88. The predicted molar refractivity (Wildman–Crippen MR) is 152 cm³/mol. The Labute approximate surface area is 224 Å². The minimum Gasteiger partial charge on any atom is -0.370 e. The Balaban J connectivity index is 1.39. The van der Waals surface area contributed by atoms with Gasteiger partial charge in [-0.25, -0.2) is 0 Å². The average molecular weight is 520 g/mol. The summed E-state index contributed by atoms with van der Waals surface area (Å²) in [6, 6.07) is 17.5. The van der Waals surface area contributed by atoms with Gasteiger partial charge in [0.2, 0.25) is 0 Å². The van der Waals surface area contributed by atoms with Gasteiger partial charge in [0.05, 0.1) is 22.4 Å². The van der Waals surface area contributed by atoms with Gasteiger partial charge in [-0.2, -0.15) is 0 Å². The summed E-state index contributed by atoms with van der Waals surface area (Å²) in [5, 5.41) is 5.11. The summed E-state index contributed by atoms with van der Waals surface area (Å²) in [7, 11) is 0. The van der Waals surface area contributed by atoms with E-state index in [0.29, 0.717) is 11.2 Å². The molecule has 3 fully saturated rings. The fourth-order valence-corrected chi connectivity index (χ4v) is 6.90. The maximum absolute atomic E-state index is 6.94. The summed E-state index contributed by atoms with van der Waals surface area (Å²) >= 11 is 12.9. The van der Waals surface area contributed by atoms with E-state index in [1.807, 2.05) is 18.3 Å². The molecule has 2 atom stereocenters. The molecule has 0 radical (unpaired) electrons. The van der Waals surface area contributed by atoms with E-state index in [2.05, 4.69) is 69.2 Å². The lowest BCUT2D eigenvalue weighted by Gasteiger charge is -2.34. The van der Waals surface area contributed by atoms with E-state index in [4.69, 9.17) is 28.8 Å². The van der Waals surface area contributed by atoms with Crippen LogP contribution in [0.25, 0.3) is 0 Å². The number of hydrogen-bond acceptors (Lipinski definition) is 3. The molecule has 1 aromatic carbocycles. The molecule has 1 N–H and O–H groups in total. The lowest BCUT2D eigenvalue weighted by Crippen LogP contribution is -2.33. The zero-order valence-electron chi connectivity index (χ0n) is 20.8. The van der Waals surface area contributed by atoms with Gasteiger partial charge in [-0.05, 0) is 86.3 Å². The lowest BCUT2D eigenvalue weighted by atomic mass is 9.98. The first-order chi connectivity index (χ1) is 17.6. The summed E-state index contributed by atoms with van der Waals surface area (Å²) in [5.41, 5.74) is 4.42. The first-order valence-electron chi connectivity index (χ1n) is 13.3. The number of anilines is 2. The topological polar surface area (TPSA) is 36.3 Å². The molecule has 2 aromatic heterocycles. The first kappa shape index (κ1) is 23.8. The molecule has 2 unspecified atom stereocenters. The molecule has 6 rings (SSSR count). The molecule has 3 aliphatic rings. The largest absolute Gasteiger partial charge is 0.370 e. The van der Waals surface area contributed by atoms with E-state index in [9.17, 15) is 0 Å². The van der Waals surface area contributed by atoms with E-state index < -0.39 is 0 Å². The average Bonchev–Trinajstić information content (AvgIpc) is 3.65. The van der Waals surface area contributed by atoms with Crippen LogP contribution in [0.2, 0.25) is 5.02 Å². The van der Waals surface area contributed by atoms with Crippen LogP contribution < -0.4 is 15.1 Å². The molecule has 3 aromatic rings. The van der Waals surface area contributed by atoms with Crippen LogP contribution in [0.1, 0.15) is 75.0 Å². The quantitative estimate of drug-likeness (QED) is 0.365. The Morgan fingerprint density at radius 1 is 1.00 bits per heavy atom. The standard InChI is InChI=1S/C29H34ClN5S/c1-20-13-17-33(18-14-20)25-12-11-22(19-23(25)30)35-28(26-10-6-16-34(26)21-7-2-3-8-21)27(32-29(35)36)24-9-4-5-15-31-24/h4-6,9-12,15-16,19-21,27-28H,2-3,7-8,13-14,17-18H2,1H3,(H,32,36). The minimum absolute atomic E-state index is 0.0132. The van der Waals surface area contributed by atoms with E-state index in [1.165, 1.54) is 44.2 Å². The Morgan fingerprint density at radius 3 is 2.53 bits per heavy atom. The van der Waals surface area contributed by atoms with Gasteiger partial charge in [-0.15, -0.1) is 0 Å². The fraction of sp³-hybridized carbons (Fsp3) is 0.448. The smallest absolute Gasteiger partial charge is 0.174 e. The van der Waals surface area contributed by atoms with Crippen molar-refractivity contribution in [2.75, 3.05) is 22.9 Å². The van der Waals surface area contributed by atoms with Gasteiger partial charge in [0.25, 0.3) is 0 Å². The van der Waals surface area contributed by atoms with Crippen LogP contribution in [0, 0.1) is 5.92 Å². The summed E-state index contributed by atoms with van der Waals surface area (Å²) < 4.78 is 2.49. The molecule has 5 nitrogen and oxygen atoms in total. The van der Waals surface area contributed by atoms with Crippen molar-refractivity contribution in [3.05, 3.63) is 77.3 Å². The number of rotatable bonds is 5. The van der Waals surface area contributed by atoms with Crippen LogP contribution in [0.5, 0.6) is 0 Å². The maximum atomic E-state index is 6.94. The van der Waals surface area contributed by atoms with Crippen LogP contribution in [0.15, 0.2) is 60.9 Å². The number of pyridine rings is 1. The van der Waals surface area contributed by atoms with Crippen molar-refractivity contribution in [2.45, 2.75) is 63.6 Å². The highest BCUT2D eigenvalue weighted by Gasteiger charge is 2.42. The Bertz CT molecular complexity index is 1210. The molecule has 2 saturated heterocycles.